The molecule has 8 heteroatoms. The van der Waals surface area contributed by atoms with E-state index in [1.807, 2.05) is 72.8 Å². The molecule has 2 saturated heterocycles. The molecule has 1 unspecified atom stereocenters. The minimum atomic E-state index is -1.16. The first-order valence-electron chi connectivity index (χ1n) is 13.3. The quantitative estimate of drug-likeness (QED) is 0.316. The summed E-state index contributed by atoms with van der Waals surface area (Å²) >= 11 is 0. The smallest absolute Gasteiger partial charge is 0.424 e. The van der Waals surface area contributed by atoms with Gasteiger partial charge in [0.25, 0.3) is 0 Å². The van der Waals surface area contributed by atoms with E-state index < -0.39 is 28.9 Å². The van der Waals surface area contributed by atoms with Crippen LogP contribution in [-0.2, 0) is 19.1 Å². The zero-order chi connectivity index (χ0) is 28.5. The predicted molar refractivity (Wildman–Crippen MR) is 151 cm³/mol. The van der Waals surface area contributed by atoms with Crippen molar-refractivity contribution >= 4 is 40.9 Å². The lowest BCUT2D eigenvalue weighted by Crippen LogP contribution is -2.55. The predicted octanol–water partition coefficient (Wildman–Crippen LogP) is 5.66. The van der Waals surface area contributed by atoms with Gasteiger partial charge in [0.15, 0.2) is 0 Å². The molecule has 3 aromatic carbocycles. The van der Waals surface area contributed by atoms with Crippen molar-refractivity contribution in [1.82, 2.24) is 4.90 Å². The van der Waals surface area contributed by atoms with E-state index in [0.717, 1.165) is 16.8 Å². The molecule has 3 aromatic rings. The number of piperidine rings is 1. The topological polar surface area (TPSA) is 96.3 Å². The van der Waals surface area contributed by atoms with E-state index in [4.69, 9.17) is 9.73 Å². The summed E-state index contributed by atoms with van der Waals surface area (Å²) in [5.41, 5.74) is 2.09. The number of nitrogens with zero attached hydrogens (tertiary/aromatic N) is 3. The molecule has 1 spiro atoms. The number of benzene rings is 3. The van der Waals surface area contributed by atoms with E-state index in [0.29, 0.717) is 16.3 Å². The molecular weight excluding hydrogens is 506 g/mol. The van der Waals surface area contributed by atoms with Crippen molar-refractivity contribution in [1.29, 1.82) is 0 Å². The molecule has 5 rings (SSSR count). The Balaban J connectivity index is 1.39. The Bertz CT molecular complexity index is 1430. The first-order valence-corrected chi connectivity index (χ1v) is 13.3. The molecule has 4 amide bonds. The van der Waals surface area contributed by atoms with Crippen LogP contribution in [0.1, 0.15) is 51.2 Å². The van der Waals surface area contributed by atoms with Crippen LogP contribution < -0.4 is 4.90 Å². The van der Waals surface area contributed by atoms with Gasteiger partial charge in [0, 0.05) is 36.2 Å². The lowest BCUT2D eigenvalue weighted by atomic mass is 9.78. The average Bonchev–Trinajstić information content (AvgIpc) is 3.27. The van der Waals surface area contributed by atoms with Gasteiger partial charge in [0.2, 0.25) is 17.7 Å². The highest BCUT2D eigenvalue weighted by molar-refractivity contribution is 6.15. The summed E-state index contributed by atoms with van der Waals surface area (Å²) in [4.78, 5) is 58.9. The number of rotatable bonds is 4. The zero-order valence-corrected chi connectivity index (χ0v) is 22.8. The Kier molecular flexibility index (Phi) is 7.10. The standard InChI is InChI=1S/C32H31N3O5/c1-31(2,3)40-30(39)35-26(36)18-19-32(29(35)38)20-27(37)34(21-32)25-16-14-24(15-17-25)33-28(22-10-6-4-7-11-22)23-12-8-5-9-13-23/h4-17H,18-21H2,1-3H3. The molecule has 204 valence electrons. The minimum absolute atomic E-state index is 0.0124. The van der Waals surface area contributed by atoms with Gasteiger partial charge >= 0.3 is 6.09 Å². The molecule has 0 aliphatic carbocycles. The molecule has 40 heavy (non-hydrogen) atoms. The fourth-order valence-corrected chi connectivity index (χ4v) is 5.11. The third-order valence-electron chi connectivity index (χ3n) is 7.05. The Labute approximate surface area is 233 Å². The lowest BCUT2D eigenvalue weighted by Gasteiger charge is -2.36. The van der Waals surface area contributed by atoms with E-state index in [-0.39, 0.29) is 31.7 Å². The maximum atomic E-state index is 13.5. The Morgan fingerprint density at radius 1 is 0.825 bits per heavy atom. The number of anilines is 1. The van der Waals surface area contributed by atoms with Crippen LogP contribution in [-0.4, -0.2) is 46.6 Å². The number of likely N-dealkylation sites (tertiary alicyclic amines) is 1. The molecule has 0 aromatic heterocycles. The van der Waals surface area contributed by atoms with Gasteiger partial charge in [-0.2, -0.15) is 4.90 Å². The van der Waals surface area contributed by atoms with Gasteiger partial charge in [-0.15, -0.1) is 0 Å². The molecule has 2 fully saturated rings. The van der Waals surface area contributed by atoms with Crippen LogP contribution in [0.3, 0.4) is 0 Å². The first kappa shape index (κ1) is 27.0. The summed E-state index contributed by atoms with van der Waals surface area (Å²) in [6.07, 6.45) is -0.889. The molecule has 0 saturated carbocycles. The third-order valence-corrected chi connectivity index (χ3v) is 7.05. The summed E-state index contributed by atoms with van der Waals surface area (Å²) < 4.78 is 5.30. The van der Waals surface area contributed by atoms with E-state index in [1.54, 1.807) is 37.8 Å². The highest BCUT2D eigenvalue weighted by Gasteiger charge is 2.56. The van der Waals surface area contributed by atoms with Crippen molar-refractivity contribution in [3.05, 3.63) is 96.1 Å². The van der Waals surface area contributed by atoms with Crippen molar-refractivity contribution in [3.8, 4) is 0 Å². The van der Waals surface area contributed by atoms with E-state index in [2.05, 4.69) is 0 Å². The van der Waals surface area contributed by atoms with Crippen LogP contribution in [0.5, 0.6) is 0 Å². The van der Waals surface area contributed by atoms with Crippen molar-refractivity contribution in [2.75, 3.05) is 11.4 Å². The van der Waals surface area contributed by atoms with Crippen LogP contribution in [0.25, 0.3) is 0 Å². The van der Waals surface area contributed by atoms with E-state index >= 15 is 0 Å². The highest BCUT2D eigenvalue weighted by atomic mass is 16.6. The van der Waals surface area contributed by atoms with Crippen LogP contribution in [0.4, 0.5) is 16.2 Å². The molecule has 8 nitrogen and oxygen atoms in total. The van der Waals surface area contributed by atoms with Gasteiger partial charge in [0.1, 0.15) is 5.60 Å². The molecule has 2 aliphatic rings. The van der Waals surface area contributed by atoms with E-state index in [1.165, 1.54) is 0 Å². The van der Waals surface area contributed by atoms with Gasteiger partial charge in [-0.25, -0.2) is 9.79 Å². The average molecular weight is 538 g/mol. The molecular formula is C32H31N3O5. The van der Waals surface area contributed by atoms with Crippen molar-refractivity contribution in [2.45, 2.75) is 45.6 Å². The second-order valence-corrected chi connectivity index (χ2v) is 11.2. The maximum absolute atomic E-state index is 13.5. The molecule has 2 aliphatic heterocycles. The molecule has 2 heterocycles. The molecule has 1 atom stereocenters. The number of aliphatic imine (C=N–C) groups is 1. The van der Waals surface area contributed by atoms with Crippen LogP contribution in [0, 0.1) is 5.41 Å². The number of hydrogen-bond acceptors (Lipinski definition) is 6. The Hall–Kier alpha value is -4.59. The summed E-state index contributed by atoms with van der Waals surface area (Å²) in [5, 5.41) is 0. The summed E-state index contributed by atoms with van der Waals surface area (Å²) in [7, 11) is 0. The van der Waals surface area contributed by atoms with Gasteiger partial charge < -0.3 is 9.64 Å². The minimum Gasteiger partial charge on any atom is -0.443 e. The van der Waals surface area contributed by atoms with Gasteiger partial charge in [-0.1, -0.05) is 60.7 Å². The summed E-state index contributed by atoms with van der Waals surface area (Å²) in [6, 6.07) is 27.1. The van der Waals surface area contributed by atoms with Crippen molar-refractivity contribution < 1.29 is 23.9 Å². The molecule has 0 bridgehead atoms. The Morgan fingerprint density at radius 3 is 1.95 bits per heavy atom. The zero-order valence-electron chi connectivity index (χ0n) is 22.8. The van der Waals surface area contributed by atoms with Crippen LogP contribution in [0.15, 0.2) is 89.9 Å². The normalized spacial score (nSPS) is 19.2. The molecule has 0 N–H and O–H groups in total. The highest BCUT2D eigenvalue weighted by Crippen LogP contribution is 2.43. The third kappa shape index (κ3) is 5.43. The molecule has 0 radical (unpaired) electrons. The fourth-order valence-electron chi connectivity index (χ4n) is 5.11. The fraction of sp³-hybridized carbons (Fsp3) is 0.281. The lowest BCUT2D eigenvalue weighted by molar-refractivity contribution is -0.155. The number of carbonyl (C=O) groups excluding carboxylic acids is 4. The summed E-state index contributed by atoms with van der Waals surface area (Å²) in [6.45, 7) is 5.07. The van der Waals surface area contributed by atoms with Gasteiger partial charge in [0.05, 0.1) is 16.8 Å². The van der Waals surface area contributed by atoms with E-state index in [9.17, 15) is 19.2 Å². The largest absolute Gasteiger partial charge is 0.443 e. The van der Waals surface area contributed by atoms with Crippen LogP contribution >= 0.6 is 0 Å². The number of ether oxygens (including phenoxy) is 1. The second kappa shape index (κ2) is 10.5. The number of amides is 4. The summed E-state index contributed by atoms with van der Waals surface area (Å²) in [5.74, 6) is -1.52. The van der Waals surface area contributed by atoms with Gasteiger partial charge in [-0.3, -0.25) is 14.4 Å². The SMILES string of the molecule is CC(C)(C)OC(=O)N1C(=O)CCC2(CC(=O)N(c3ccc(N=C(c4ccccc4)c4ccccc4)cc3)C2)C1=O. The Morgan fingerprint density at radius 2 is 1.40 bits per heavy atom. The second-order valence-electron chi connectivity index (χ2n) is 11.2. The van der Waals surface area contributed by atoms with Crippen molar-refractivity contribution in [3.63, 3.8) is 0 Å². The maximum Gasteiger partial charge on any atom is 0.424 e. The number of imide groups is 3. The number of carbonyl (C=O) groups is 4. The monoisotopic (exact) mass is 537 g/mol. The van der Waals surface area contributed by atoms with Crippen molar-refractivity contribution in [2.24, 2.45) is 10.4 Å². The number of hydrogen-bond donors (Lipinski definition) is 0. The van der Waals surface area contributed by atoms with Gasteiger partial charge in [-0.05, 0) is 51.5 Å². The van der Waals surface area contributed by atoms with Crippen LogP contribution in [0.2, 0.25) is 0 Å². The first-order chi connectivity index (χ1) is 19.1.